The number of fused-ring (bicyclic) bond motifs is 1. The van der Waals surface area contributed by atoms with Gasteiger partial charge in [0.25, 0.3) is 0 Å². The van der Waals surface area contributed by atoms with E-state index in [4.69, 9.17) is 14.4 Å². The van der Waals surface area contributed by atoms with E-state index in [-0.39, 0.29) is 22.0 Å². The van der Waals surface area contributed by atoms with Crippen LogP contribution in [0, 0.1) is 0 Å². The third-order valence-electron chi connectivity index (χ3n) is 10.1. The molecule has 4 heteroatoms. The summed E-state index contributed by atoms with van der Waals surface area (Å²) in [7, 11) is 0. The van der Waals surface area contributed by atoms with Gasteiger partial charge in [-0.3, -0.25) is 4.98 Å². The summed E-state index contributed by atoms with van der Waals surface area (Å²) in [6.07, 6.45) is 2.84. The van der Waals surface area contributed by atoms with Gasteiger partial charge in [-0.1, -0.05) is 147 Å². The van der Waals surface area contributed by atoms with Gasteiger partial charge in [-0.15, -0.1) is 0 Å². The zero-order chi connectivity index (χ0) is 37.7. The minimum atomic E-state index is -0.269. The molecule has 0 saturated heterocycles. The number of benzene rings is 5. The van der Waals surface area contributed by atoms with Gasteiger partial charge in [0.05, 0.1) is 11.3 Å². The average molecular weight is 699 g/mol. The Morgan fingerprint density at radius 3 is 1.87 bits per heavy atom. The maximum Gasteiger partial charge on any atom is 0.231 e. The van der Waals surface area contributed by atoms with Gasteiger partial charge in [-0.2, -0.15) is 0 Å². The molecule has 0 aliphatic rings. The molecule has 0 unspecified atom stereocenters. The van der Waals surface area contributed by atoms with Crippen LogP contribution < -0.4 is 0 Å². The summed E-state index contributed by atoms with van der Waals surface area (Å²) in [6.45, 7) is 19.7. The molecule has 0 fully saturated rings. The molecule has 0 bridgehead atoms. The second-order valence-electron chi connectivity index (χ2n) is 17.4. The Hall–Kier alpha value is -5.48. The number of oxazole rings is 1. The lowest BCUT2D eigenvalue weighted by Gasteiger charge is -2.27. The van der Waals surface area contributed by atoms with E-state index >= 15 is 0 Å². The molecule has 2 heterocycles. The number of hydrogen-bond acceptors (Lipinski definition) is 4. The first-order chi connectivity index (χ1) is 25.1. The van der Waals surface area contributed by atoms with Gasteiger partial charge >= 0.3 is 0 Å². The van der Waals surface area contributed by atoms with Crippen molar-refractivity contribution in [3.63, 3.8) is 0 Å². The van der Waals surface area contributed by atoms with Crippen molar-refractivity contribution >= 4 is 11.1 Å². The van der Waals surface area contributed by atoms with Gasteiger partial charge in [-0.25, -0.2) is 4.98 Å². The lowest BCUT2D eigenvalue weighted by atomic mass is 9.79. The van der Waals surface area contributed by atoms with Gasteiger partial charge in [-0.05, 0) is 91.9 Å². The molecule has 0 spiro atoms. The quantitative estimate of drug-likeness (QED) is 0.188. The minimum absolute atomic E-state index is 0.119. The van der Waals surface area contributed by atoms with E-state index in [1.165, 1.54) is 27.8 Å². The lowest BCUT2D eigenvalue weighted by Crippen LogP contribution is -2.17. The monoisotopic (exact) mass is 698 g/mol. The Bertz CT molecular complexity index is 2420. The van der Waals surface area contributed by atoms with Crippen LogP contribution in [0.15, 0.2) is 126 Å². The highest BCUT2D eigenvalue weighted by Crippen LogP contribution is 2.44. The van der Waals surface area contributed by atoms with Crippen molar-refractivity contribution in [2.24, 2.45) is 0 Å². The number of pyridine rings is 1. The summed E-state index contributed by atoms with van der Waals surface area (Å²) in [5.74, 6) is 0.628. The number of rotatable bonds is 6. The van der Waals surface area contributed by atoms with Crippen LogP contribution in [0.1, 0.15) is 90.1 Å². The number of phenols is 1. The minimum Gasteiger partial charge on any atom is -0.507 e. The molecule has 0 atom stereocenters. The molecule has 4 nitrogen and oxygen atoms in total. The molecule has 0 saturated carbocycles. The number of para-hydroxylation sites is 1. The van der Waals surface area contributed by atoms with Gasteiger partial charge < -0.3 is 9.52 Å². The second-order valence-corrected chi connectivity index (χ2v) is 17.4. The van der Waals surface area contributed by atoms with Crippen molar-refractivity contribution in [3.8, 4) is 50.7 Å². The smallest absolute Gasteiger partial charge is 0.231 e. The highest BCUT2D eigenvalue weighted by Gasteiger charge is 2.28. The van der Waals surface area contributed by atoms with Crippen LogP contribution in [0.3, 0.4) is 0 Å². The Balaban J connectivity index is 1.39. The summed E-state index contributed by atoms with van der Waals surface area (Å²) in [5, 5.41) is 11.7. The summed E-state index contributed by atoms with van der Waals surface area (Å²) < 4.78 is 6.49. The molecule has 0 aliphatic heterocycles. The predicted molar refractivity (Wildman–Crippen MR) is 221 cm³/mol. The van der Waals surface area contributed by atoms with Crippen molar-refractivity contribution in [1.82, 2.24) is 9.97 Å². The third kappa shape index (κ3) is 7.41. The molecule has 2 aromatic heterocycles. The van der Waals surface area contributed by atoms with Crippen LogP contribution in [-0.4, -0.2) is 15.1 Å². The van der Waals surface area contributed by atoms with E-state index in [0.717, 1.165) is 45.4 Å². The second kappa shape index (κ2) is 13.5. The van der Waals surface area contributed by atoms with Gasteiger partial charge in [0, 0.05) is 22.9 Å². The third-order valence-corrected chi connectivity index (χ3v) is 10.1. The fourth-order valence-corrected chi connectivity index (χ4v) is 6.95. The summed E-state index contributed by atoms with van der Waals surface area (Å²) >= 11 is 0. The lowest BCUT2D eigenvalue weighted by molar-refractivity contribution is 0.444. The van der Waals surface area contributed by atoms with Crippen molar-refractivity contribution in [2.75, 3.05) is 0 Å². The number of phenolic OH excluding ortho intramolecular Hbond substituents is 1. The molecule has 1 N–H and O–H groups in total. The van der Waals surface area contributed by atoms with E-state index < -0.39 is 0 Å². The Kier molecular flexibility index (Phi) is 9.14. The number of aromatic nitrogens is 2. The van der Waals surface area contributed by atoms with Crippen LogP contribution in [-0.2, 0) is 22.7 Å². The largest absolute Gasteiger partial charge is 0.507 e. The molecule has 53 heavy (non-hydrogen) atoms. The Morgan fingerprint density at radius 2 is 1.21 bits per heavy atom. The molecular weight excluding hydrogens is 649 g/mol. The molecule has 0 aliphatic carbocycles. The van der Waals surface area contributed by atoms with E-state index in [9.17, 15) is 5.11 Å². The fraction of sp³-hybridized carbons (Fsp3) is 0.265. The van der Waals surface area contributed by atoms with Gasteiger partial charge in [0.1, 0.15) is 11.3 Å². The average Bonchev–Trinajstić information content (AvgIpc) is 3.56. The van der Waals surface area contributed by atoms with E-state index in [1.54, 1.807) is 0 Å². The summed E-state index contributed by atoms with van der Waals surface area (Å²) in [4.78, 5) is 10.2. The molecule has 7 aromatic rings. The maximum absolute atomic E-state index is 11.7. The number of nitrogens with zero attached hydrogens (tertiary/aromatic N) is 2. The van der Waals surface area contributed by atoms with Crippen LogP contribution in [0.5, 0.6) is 5.75 Å². The molecular formula is C49H50N2O2. The van der Waals surface area contributed by atoms with Crippen LogP contribution >= 0.6 is 0 Å². The number of hydrogen-bond donors (Lipinski definition) is 1. The topological polar surface area (TPSA) is 59.2 Å². The molecule has 0 radical (unpaired) electrons. The van der Waals surface area contributed by atoms with Crippen LogP contribution in [0.25, 0.3) is 56.1 Å². The van der Waals surface area contributed by atoms with E-state index in [2.05, 4.69) is 159 Å². The Morgan fingerprint density at radius 1 is 0.566 bits per heavy atom. The SMILES string of the molecule is CC(C)(C)c1cc(-c2cc(-c3ccccc3)c(Cc3ccccc3)cn2)cc(-c2cccc3oc(-c4cc(C(C)(C)C)cc(C(C)(C)C)c4O)nc23)c1. The van der Waals surface area contributed by atoms with Gasteiger partial charge in [0.2, 0.25) is 5.89 Å². The Labute approximate surface area is 314 Å². The van der Waals surface area contributed by atoms with E-state index in [1.807, 2.05) is 24.4 Å². The van der Waals surface area contributed by atoms with Crippen LogP contribution in [0.4, 0.5) is 0 Å². The van der Waals surface area contributed by atoms with Crippen molar-refractivity contribution in [2.45, 2.75) is 85.0 Å². The van der Waals surface area contributed by atoms with Crippen molar-refractivity contribution in [1.29, 1.82) is 0 Å². The normalized spacial score (nSPS) is 12.4. The molecule has 7 rings (SSSR count). The first-order valence-corrected chi connectivity index (χ1v) is 18.6. The van der Waals surface area contributed by atoms with Gasteiger partial charge in [0.15, 0.2) is 5.58 Å². The zero-order valence-electron chi connectivity index (χ0n) is 32.5. The first-order valence-electron chi connectivity index (χ1n) is 18.6. The van der Waals surface area contributed by atoms with Crippen molar-refractivity contribution < 1.29 is 9.52 Å². The number of aromatic hydroxyl groups is 1. The fourth-order valence-electron chi connectivity index (χ4n) is 6.95. The van der Waals surface area contributed by atoms with Crippen molar-refractivity contribution in [3.05, 3.63) is 149 Å². The highest BCUT2D eigenvalue weighted by atomic mass is 16.3. The highest BCUT2D eigenvalue weighted by molar-refractivity contribution is 5.94. The maximum atomic E-state index is 11.7. The standard InChI is InChI=1S/C49H50N2O2/c1-47(2,3)36-25-33(24-34(26-36)42-29-39(32-19-14-11-15-20-32)35(30-50-42)23-31-17-12-10-13-18-31)38-21-16-22-43-44(38)51-46(53-43)40-27-37(48(4,5)6)28-41(45(40)52)49(7,8)9/h10-22,24-30,52H,23H2,1-9H3. The van der Waals surface area contributed by atoms with E-state index in [0.29, 0.717) is 17.0 Å². The summed E-state index contributed by atoms with van der Waals surface area (Å²) in [5.41, 5.74) is 13.5. The van der Waals surface area contributed by atoms with Crippen LogP contribution in [0.2, 0.25) is 0 Å². The molecule has 0 amide bonds. The predicted octanol–water partition coefficient (Wildman–Crippen LogP) is 13.1. The first kappa shape index (κ1) is 35.9. The zero-order valence-corrected chi connectivity index (χ0v) is 32.5. The molecule has 268 valence electrons. The summed E-state index contributed by atoms with van der Waals surface area (Å²) in [6, 6.07) is 40.4. The molecule has 5 aromatic carbocycles.